The molecule has 0 atom stereocenters. The van der Waals surface area contributed by atoms with E-state index in [0.29, 0.717) is 6.04 Å². The van der Waals surface area contributed by atoms with Gasteiger partial charge in [-0.15, -0.1) is 0 Å². The summed E-state index contributed by atoms with van der Waals surface area (Å²) in [5.41, 5.74) is 4.34. The van der Waals surface area contributed by atoms with Gasteiger partial charge in [-0.2, -0.15) is 0 Å². The van der Waals surface area contributed by atoms with Crippen molar-refractivity contribution in [1.82, 2.24) is 10.2 Å². The molecule has 4 heteroatoms. The van der Waals surface area contributed by atoms with E-state index in [-0.39, 0.29) is 0 Å². The SMILES string of the molecule is C=C(NC(CCC)CCC)C(C)=NC1=C(C)N=CN(C)C1=C. The van der Waals surface area contributed by atoms with Crippen LogP contribution in [0.25, 0.3) is 0 Å². The first-order valence-corrected chi connectivity index (χ1v) is 8.08. The van der Waals surface area contributed by atoms with Crippen LogP contribution in [0.5, 0.6) is 0 Å². The Morgan fingerprint density at radius 2 is 1.95 bits per heavy atom. The molecule has 0 saturated carbocycles. The largest absolute Gasteiger partial charge is 0.381 e. The van der Waals surface area contributed by atoms with Crippen LogP contribution in [-0.4, -0.2) is 30.0 Å². The van der Waals surface area contributed by atoms with E-state index < -0.39 is 0 Å². The Balaban J connectivity index is 2.85. The molecule has 0 aromatic rings. The molecule has 1 heterocycles. The van der Waals surface area contributed by atoms with E-state index in [2.05, 4.69) is 37.3 Å². The smallest absolute Gasteiger partial charge is 0.108 e. The van der Waals surface area contributed by atoms with Crippen LogP contribution >= 0.6 is 0 Å². The predicted molar refractivity (Wildman–Crippen MR) is 97.1 cm³/mol. The summed E-state index contributed by atoms with van der Waals surface area (Å²) in [5.74, 6) is 0. The van der Waals surface area contributed by atoms with Crippen LogP contribution in [0.4, 0.5) is 0 Å². The van der Waals surface area contributed by atoms with Crippen molar-refractivity contribution in [1.29, 1.82) is 0 Å². The number of nitrogens with zero attached hydrogens (tertiary/aromatic N) is 3. The maximum atomic E-state index is 4.70. The summed E-state index contributed by atoms with van der Waals surface area (Å²) in [6, 6.07) is 0.470. The normalized spacial score (nSPS) is 15.8. The van der Waals surface area contributed by atoms with Crippen molar-refractivity contribution < 1.29 is 0 Å². The van der Waals surface area contributed by atoms with Crippen molar-refractivity contribution >= 4 is 12.1 Å². The Kier molecular flexibility index (Phi) is 7.09. The van der Waals surface area contributed by atoms with Crippen molar-refractivity contribution in [2.45, 2.75) is 59.4 Å². The van der Waals surface area contributed by atoms with Crippen LogP contribution in [0.3, 0.4) is 0 Å². The third-order valence-corrected chi connectivity index (χ3v) is 3.84. The third kappa shape index (κ3) is 4.86. The van der Waals surface area contributed by atoms with E-state index in [0.717, 1.165) is 41.3 Å². The second kappa shape index (κ2) is 8.57. The summed E-state index contributed by atoms with van der Waals surface area (Å²) >= 11 is 0. The van der Waals surface area contributed by atoms with Crippen LogP contribution in [0.2, 0.25) is 0 Å². The summed E-state index contributed by atoms with van der Waals surface area (Å²) in [4.78, 5) is 10.9. The zero-order chi connectivity index (χ0) is 16.7. The lowest BCUT2D eigenvalue weighted by molar-refractivity contribution is 0.489. The molecule has 4 nitrogen and oxygen atoms in total. The average molecular weight is 302 g/mol. The molecule has 0 unspecified atom stereocenters. The fourth-order valence-electron chi connectivity index (χ4n) is 2.40. The lowest BCUT2D eigenvalue weighted by Gasteiger charge is -2.23. The van der Waals surface area contributed by atoms with Crippen molar-refractivity contribution in [3.05, 3.63) is 35.9 Å². The molecule has 122 valence electrons. The van der Waals surface area contributed by atoms with Gasteiger partial charge in [-0.1, -0.05) is 39.8 Å². The molecule has 0 spiro atoms. The fraction of sp³-hybridized carbons (Fsp3) is 0.556. The van der Waals surface area contributed by atoms with Gasteiger partial charge >= 0.3 is 0 Å². The molecule has 0 aliphatic carbocycles. The highest BCUT2D eigenvalue weighted by Gasteiger charge is 2.15. The quantitative estimate of drug-likeness (QED) is 0.681. The predicted octanol–water partition coefficient (Wildman–Crippen LogP) is 4.24. The molecule has 1 N–H and O–H groups in total. The van der Waals surface area contributed by atoms with Gasteiger partial charge in [-0.25, -0.2) is 9.98 Å². The summed E-state index contributed by atoms with van der Waals surface area (Å²) < 4.78 is 0. The van der Waals surface area contributed by atoms with Crippen LogP contribution in [0.1, 0.15) is 53.4 Å². The molecule has 0 aromatic carbocycles. The van der Waals surface area contributed by atoms with Gasteiger partial charge in [-0.05, 0) is 26.7 Å². The monoisotopic (exact) mass is 302 g/mol. The third-order valence-electron chi connectivity index (χ3n) is 3.84. The molecule has 1 aliphatic heterocycles. The van der Waals surface area contributed by atoms with E-state index in [1.807, 2.05) is 25.8 Å². The standard InChI is InChI=1S/C18H30N4/c1-8-10-17(11-9-2)20-13(3)14(4)21-18-15(5)19-12-22(7)16(18)6/h12,17,20H,3,6,8-11H2,1-2,4-5,7H3. The minimum Gasteiger partial charge on any atom is -0.381 e. The molecule has 0 amide bonds. The second-order valence-corrected chi connectivity index (χ2v) is 5.83. The van der Waals surface area contributed by atoms with Gasteiger partial charge < -0.3 is 10.2 Å². The number of hydrogen-bond acceptors (Lipinski definition) is 4. The molecule has 0 fully saturated rings. The van der Waals surface area contributed by atoms with E-state index in [4.69, 9.17) is 4.99 Å². The Labute approximate surface area is 135 Å². The Bertz CT molecular complexity index is 505. The molecule has 0 saturated heterocycles. The van der Waals surface area contributed by atoms with Gasteiger partial charge in [0.15, 0.2) is 0 Å². The first kappa shape index (κ1) is 18.2. The van der Waals surface area contributed by atoms with Gasteiger partial charge in [0, 0.05) is 18.8 Å². The zero-order valence-corrected chi connectivity index (χ0v) is 14.7. The first-order valence-electron chi connectivity index (χ1n) is 8.08. The number of nitrogens with one attached hydrogen (secondary N) is 1. The van der Waals surface area contributed by atoms with Crippen molar-refractivity contribution in [2.24, 2.45) is 9.98 Å². The van der Waals surface area contributed by atoms with Crippen LogP contribution in [0.15, 0.2) is 45.9 Å². The fourth-order valence-corrected chi connectivity index (χ4v) is 2.40. The minimum atomic E-state index is 0.470. The summed E-state index contributed by atoms with van der Waals surface area (Å²) in [6.45, 7) is 16.6. The number of allylic oxidation sites excluding steroid dienone is 2. The summed E-state index contributed by atoms with van der Waals surface area (Å²) in [7, 11) is 1.93. The Morgan fingerprint density at radius 1 is 1.36 bits per heavy atom. The van der Waals surface area contributed by atoms with Crippen LogP contribution in [-0.2, 0) is 0 Å². The number of rotatable bonds is 8. The average Bonchev–Trinajstić information content (AvgIpc) is 2.48. The van der Waals surface area contributed by atoms with E-state index >= 15 is 0 Å². The van der Waals surface area contributed by atoms with Gasteiger partial charge in [0.25, 0.3) is 0 Å². The summed E-state index contributed by atoms with van der Waals surface area (Å²) in [6.07, 6.45) is 6.41. The highest BCUT2D eigenvalue weighted by Crippen LogP contribution is 2.22. The van der Waals surface area contributed by atoms with Crippen molar-refractivity contribution in [2.75, 3.05) is 7.05 Å². The van der Waals surface area contributed by atoms with Gasteiger partial charge in [-0.3, -0.25) is 0 Å². The van der Waals surface area contributed by atoms with Gasteiger partial charge in [0.2, 0.25) is 0 Å². The molecule has 0 radical (unpaired) electrons. The molecular weight excluding hydrogens is 272 g/mol. The molecule has 0 bridgehead atoms. The second-order valence-electron chi connectivity index (χ2n) is 5.83. The maximum Gasteiger partial charge on any atom is 0.108 e. The number of hydrogen-bond donors (Lipinski definition) is 1. The molecule has 1 rings (SSSR count). The first-order chi connectivity index (χ1) is 10.4. The van der Waals surface area contributed by atoms with E-state index in [1.54, 1.807) is 6.34 Å². The lowest BCUT2D eigenvalue weighted by atomic mass is 10.1. The minimum absolute atomic E-state index is 0.470. The van der Waals surface area contributed by atoms with E-state index in [1.165, 1.54) is 12.8 Å². The highest BCUT2D eigenvalue weighted by molar-refractivity contribution is 5.98. The number of likely N-dealkylation sites (N-methyl/N-ethyl adjacent to an activating group) is 1. The Hall–Kier alpha value is -1.84. The molecule has 22 heavy (non-hydrogen) atoms. The van der Waals surface area contributed by atoms with Crippen LogP contribution in [0, 0.1) is 0 Å². The van der Waals surface area contributed by atoms with Gasteiger partial charge in [0.05, 0.1) is 23.4 Å². The van der Waals surface area contributed by atoms with Crippen molar-refractivity contribution in [3.63, 3.8) is 0 Å². The highest BCUT2D eigenvalue weighted by atomic mass is 15.2. The van der Waals surface area contributed by atoms with Crippen molar-refractivity contribution in [3.8, 4) is 0 Å². The molecular formula is C18H30N4. The number of aliphatic imine (C=N–C) groups is 2. The van der Waals surface area contributed by atoms with Crippen LogP contribution < -0.4 is 5.32 Å². The maximum absolute atomic E-state index is 4.70. The summed E-state index contributed by atoms with van der Waals surface area (Å²) in [5, 5.41) is 3.52. The van der Waals surface area contributed by atoms with E-state index in [9.17, 15) is 0 Å². The molecule has 1 aliphatic rings. The lowest BCUT2D eigenvalue weighted by Crippen LogP contribution is -2.30. The van der Waals surface area contributed by atoms with Gasteiger partial charge in [0.1, 0.15) is 5.70 Å². The Morgan fingerprint density at radius 3 is 2.50 bits per heavy atom. The molecule has 0 aromatic heterocycles. The zero-order valence-electron chi connectivity index (χ0n) is 14.7. The topological polar surface area (TPSA) is 40.0 Å².